The van der Waals surface area contributed by atoms with E-state index in [9.17, 15) is 4.79 Å². The van der Waals surface area contributed by atoms with Crippen molar-refractivity contribution in [3.8, 4) is 6.07 Å². The second-order valence-electron chi connectivity index (χ2n) is 5.41. The zero-order chi connectivity index (χ0) is 14.5. The molecule has 102 valence electrons. The highest BCUT2D eigenvalue weighted by molar-refractivity contribution is 5.61. The monoisotopic (exact) mass is 261 g/mol. The van der Waals surface area contributed by atoms with Crippen molar-refractivity contribution < 1.29 is 14.3 Å². The topological polar surface area (TPSA) is 59.3 Å². The van der Waals surface area contributed by atoms with Gasteiger partial charge in [-0.2, -0.15) is 5.26 Å². The SMILES string of the molecule is C[C@H](OC(=O)O[C@H](C#N)C(C)(C)C)c1ccccc1. The van der Waals surface area contributed by atoms with Gasteiger partial charge in [-0.15, -0.1) is 0 Å². The Morgan fingerprint density at radius 1 is 1.21 bits per heavy atom. The van der Waals surface area contributed by atoms with Gasteiger partial charge >= 0.3 is 6.16 Å². The number of rotatable bonds is 3. The van der Waals surface area contributed by atoms with Gasteiger partial charge in [-0.3, -0.25) is 0 Å². The van der Waals surface area contributed by atoms with E-state index < -0.39 is 23.8 Å². The summed E-state index contributed by atoms with van der Waals surface area (Å²) in [7, 11) is 0. The average molecular weight is 261 g/mol. The summed E-state index contributed by atoms with van der Waals surface area (Å²) in [6.45, 7) is 7.24. The van der Waals surface area contributed by atoms with Crippen molar-refractivity contribution in [1.29, 1.82) is 5.26 Å². The number of hydrogen-bond acceptors (Lipinski definition) is 4. The van der Waals surface area contributed by atoms with Crippen LogP contribution in [-0.2, 0) is 9.47 Å². The molecule has 0 bridgehead atoms. The molecule has 0 aliphatic rings. The normalized spacial score (nSPS) is 14.1. The minimum Gasteiger partial charge on any atom is -0.426 e. The molecule has 4 nitrogen and oxygen atoms in total. The van der Waals surface area contributed by atoms with Crippen LogP contribution in [0.15, 0.2) is 30.3 Å². The van der Waals surface area contributed by atoms with E-state index in [1.165, 1.54) is 0 Å². The van der Waals surface area contributed by atoms with Gasteiger partial charge in [-0.05, 0) is 12.5 Å². The molecule has 0 saturated heterocycles. The van der Waals surface area contributed by atoms with Crippen LogP contribution in [0, 0.1) is 16.7 Å². The number of nitrogens with zero attached hydrogens (tertiary/aromatic N) is 1. The molecule has 1 rings (SSSR count). The molecule has 4 heteroatoms. The van der Waals surface area contributed by atoms with Crippen molar-refractivity contribution >= 4 is 6.16 Å². The highest BCUT2D eigenvalue weighted by Gasteiger charge is 2.29. The Hall–Kier alpha value is -2.02. The molecule has 2 atom stereocenters. The minimum absolute atomic E-state index is 0.409. The quantitative estimate of drug-likeness (QED) is 0.776. The van der Waals surface area contributed by atoms with E-state index in [1.54, 1.807) is 6.92 Å². The maximum absolute atomic E-state index is 11.6. The molecule has 19 heavy (non-hydrogen) atoms. The van der Waals surface area contributed by atoms with E-state index in [-0.39, 0.29) is 0 Å². The summed E-state index contributed by atoms with van der Waals surface area (Å²) in [5.41, 5.74) is 0.438. The summed E-state index contributed by atoms with van der Waals surface area (Å²) in [5, 5.41) is 8.98. The zero-order valence-electron chi connectivity index (χ0n) is 11.7. The third-order valence-corrected chi connectivity index (χ3v) is 2.66. The Morgan fingerprint density at radius 2 is 1.79 bits per heavy atom. The van der Waals surface area contributed by atoms with Crippen LogP contribution in [0.5, 0.6) is 0 Å². The molecule has 0 aliphatic carbocycles. The summed E-state index contributed by atoms with van der Waals surface area (Å²) < 4.78 is 10.2. The zero-order valence-corrected chi connectivity index (χ0v) is 11.7. The Bertz CT molecular complexity index is 457. The van der Waals surface area contributed by atoms with Crippen molar-refractivity contribution in [2.75, 3.05) is 0 Å². The summed E-state index contributed by atoms with van der Waals surface area (Å²) in [4.78, 5) is 11.6. The number of nitriles is 1. The lowest BCUT2D eigenvalue weighted by Crippen LogP contribution is -2.30. The molecule has 0 fully saturated rings. The number of benzene rings is 1. The first-order valence-electron chi connectivity index (χ1n) is 6.16. The lowest BCUT2D eigenvalue weighted by Gasteiger charge is -2.24. The van der Waals surface area contributed by atoms with E-state index in [4.69, 9.17) is 14.7 Å². The van der Waals surface area contributed by atoms with E-state index in [0.717, 1.165) is 5.56 Å². The van der Waals surface area contributed by atoms with Gasteiger partial charge in [0, 0.05) is 5.41 Å². The summed E-state index contributed by atoms with van der Waals surface area (Å²) in [5.74, 6) is 0. The van der Waals surface area contributed by atoms with Gasteiger partial charge in [0.15, 0.2) is 6.10 Å². The number of ether oxygens (including phenoxy) is 2. The first-order valence-corrected chi connectivity index (χ1v) is 6.16. The van der Waals surface area contributed by atoms with Crippen LogP contribution in [0.3, 0.4) is 0 Å². The second kappa shape index (κ2) is 6.24. The predicted octanol–water partition coefficient (Wildman–Crippen LogP) is 3.84. The smallest absolute Gasteiger partial charge is 0.426 e. The maximum atomic E-state index is 11.6. The lowest BCUT2D eigenvalue weighted by atomic mass is 9.90. The molecule has 1 aromatic rings. The van der Waals surface area contributed by atoms with Gasteiger partial charge in [0.1, 0.15) is 12.2 Å². The molecular weight excluding hydrogens is 242 g/mol. The van der Waals surface area contributed by atoms with Crippen molar-refractivity contribution in [2.24, 2.45) is 5.41 Å². The van der Waals surface area contributed by atoms with Crippen LogP contribution in [0.4, 0.5) is 4.79 Å². The van der Waals surface area contributed by atoms with Crippen LogP contribution in [-0.4, -0.2) is 12.3 Å². The second-order valence-corrected chi connectivity index (χ2v) is 5.41. The number of carbonyl (C=O) groups is 1. The summed E-state index contributed by atoms with van der Waals surface area (Å²) in [6, 6.07) is 11.3. The van der Waals surface area contributed by atoms with Crippen molar-refractivity contribution in [3.63, 3.8) is 0 Å². The number of hydrogen-bond donors (Lipinski definition) is 0. The molecular formula is C15H19NO3. The van der Waals surface area contributed by atoms with Gasteiger partial charge in [0.25, 0.3) is 0 Å². The van der Waals surface area contributed by atoms with Crippen molar-refractivity contribution in [1.82, 2.24) is 0 Å². The first kappa shape index (κ1) is 15.0. The van der Waals surface area contributed by atoms with Crippen LogP contribution >= 0.6 is 0 Å². The number of carbonyl (C=O) groups excluding carboxylic acids is 1. The van der Waals surface area contributed by atoms with Crippen molar-refractivity contribution in [3.05, 3.63) is 35.9 Å². The predicted molar refractivity (Wildman–Crippen MR) is 71.3 cm³/mol. The summed E-state index contributed by atoms with van der Waals surface area (Å²) >= 11 is 0. The van der Waals surface area contributed by atoms with Crippen LogP contribution in [0.25, 0.3) is 0 Å². The average Bonchev–Trinajstić information content (AvgIpc) is 2.35. The molecule has 0 saturated carbocycles. The minimum atomic E-state index is -0.831. The van der Waals surface area contributed by atoms with Gasteiger partial charge in [-0.1, -0.05) is 51.1 Å². The fourth-order valence-electron chi connectivity index (χ4n) is 1.46. The molecule has 0 N–H and O–H groups in total. The largest absolute Gasteiger partial charge is 0.510 e. The molecule has 0 spiro atoms. The fraction of sp³-hybridized carbons (Fsp3) is 0.467. The van der Waals surface area contributed by atoms with E-state index >= 15 is 0 Å². The van der Waals surface area contributed by atoms with E-state index in [2.05, 4.69) is 0 Å². The molecule has 0 radical (unpaired) electrons. The molecule has 0 aromatic heterocycles. The van der Waals surface area contributed by atoms with Crippen molar-refractivity contribution in [2.45, 2.75) is 39.9 Å². The Labute approximate surface area is 113 Å². The van der Waals surface area contributed by atoms with Gasteiger partial charge in [0.2, 0.25) is 0 Å². The molecule has 1 aromatic carbocycles. The van der Waals surface area contributed by atoms with Gasteiger partial charge < -0.3 is 9.47 Å². The fourth-order valence-corrected chi connectivity index (χ4v) is 1.46. The Kier molecular flexibility index (Phi) is 4.94. The Balaban J connectivity index is 2.59. The van der Waals surface area contributed by atoms with Gasteiger partial charge in [0.05, 0.1) is 0 Å². The third kappa shape index (κ3) is 4.63. The maximum Gasteiger partial charge on any atom is 0.510 e. The Morgan fingerprint density at radius 3 is 2.26 bits per heavy atom. The van der Waals surface area contributed by atoms with E-state index in [0.29, 0.717) is 0 Å². The molecule has 0 amide bonds. The lowest BCUT2D eigenvalue weighted by molar-refractivity contribution is -0.0110. The summed E-state index contributed by atoms with van der Waals surface area (Å²) in [6.07, 6.45) is -2.06. The van der Waals surface area contributed by atoms with Crippen LogP contribution in [0.2, 0.25) is 0 Å². The highest BCUT2D eigenvalue weighted by Crippen LogP contribution is 2.23. The first-order chi connectivity index (χ1) is 8.84. The standard InChI is InChI=1S/C15H19NO3/c1-11(12-8-6-5-7-9-12)18-14(17)19-13(10-16)15(2,3)4/h5-9,11,13H,1-4H3/t11-,13+/m0/s1. The molecule has 0 aliphatic heterocycles. The third-order valence-electron chi connectivity index (χ3n) is 2.66. The van der Waals surface area contributed by atoms with E-state index in [1.807, 2.05) is 57.2 Å². The highest BCUT2D eigenvalue weighted by atomic mass is 16.7. The van der Waals surface area contributed by atoms with Crippen LogP contribution < -0.4 is 0 Å². The van der Waals surface area contributed by atoms with Gasteiger partial charge in [-0.25, -0.2) is 4.79 Å². The molecule has 0 unspecified atom stereocenters. The molecule has 0 heterocycles. The van der Waals surface area contributed by atoms with Crippen LogP contribution in [0.1, 0.15) is 39.4 Å².